The SMILES string of the molecule is CC(C)c1ccc(NC(=O)CSc2nc3ccc(N=Cc4c5ccccc5cc5ccccc45)cc3s2)cc1. The van der Waals surface area contributed by atoms with E-state index in [9.17, 15) is 4.79 Å². The van der Waals surface area contributed by atoms with Crippen molar-refractivity contribution in [2.24, 2.45) is 4.99 Å². The maximum Gasteiger partial charge on any atom is 0.234 e. The smallest absolute Gasteiger partial charge is 0.234 e. The maximum atomic E-state index is 12.5. The number of carbonyl (C=O) groups excluding carboxylic acids is 1. The summed E-state index contributed by atoms with van der Waals surface area (Å²) in [6.45, 7) is 4.31. The summed E-state index contributed by atoms with van der Waals surface area (Å²) >= 11 is 3.05. The van der Waals surface area contributed by atoms with Crippen molar-refractivity contribution in [3.05, 3.63) is 108 Å². The number of benzene rings is 5. The lowest BCUT2D eigenvalue weighted by molar-refractivity contribution is -0.113. The second-order valence-corrected chi connectivity index (χ2v) is 12.0. The number of aliphatic imine (C=N–C) groups is 1. The van der Waals surface area contributed by atoms with E-state index in [0.29, 0.717) is 11.7 Å². The van der Waals surface area contributed by atoms with E-state index in [1.165, 1.54) is 38.9 Å². The van der Waals surface area contributed by atoms with E-state index in [0.717, 1.165) is 31.5 Å². The summed E-state index contributed by atoms with van der Waals surface area (Å²) in [5, 5.41) is 7.76. The Morgan fingerprint density at radius 2 is 1.62 bits per heavy atom. The first-order valence-corrected chi connectivity index (χ1v) is 14.7. The van der Waals surface area contributed by atoms with E-state index < -0.39 is 0 Å². The monoisotopic (exact) mass is 545 g/mol. The number of nitrogens with zero attached hydrogens (tertiary/aromatic N) is 2. The molecule has 0 atom stereocenters. The Kier molecular flexibility index (Phi) is 7.14. The Balaban J connectivity index is 1.18. The minimum Gasteiger partial charge on any atom is -0.325 e. The van der Waals surface area contributed by atoms with Gasteiger partial charge in [-0.3, -0.25) is 9.79 Å². The van der Waals surface area contributed by atoms with Gasteiger partial charge in [0.15, 0.2) is 4.34 Å². The summed E-state index contributed by atoms with van der Waals surface area (Å²) in [6.07, 6.45) is 1.97. The molecule has 4 nitrogen and oxygen atoms in total. The number of amides is 1. The van der Waals surface area contributed by atoms with Crippen LogP contribution in [-0.4, -0.2) is 22.9 Å². The molecule has 5 aromatic carbocycles. The first-order valence-electron chi connectivity index (χ1n) is 12.9. The highest BCUT2D eigenvalue weighted by molar-refractivity contribution is 8.01. The highest BCUT2D eigenvalue weighted by Gasteiger charge is 2.10. The molecular weight excluding hydrogens is 519 g/mol. The molecule has 0 unspecified atom stereocenters. The van der Waals surface area contributed by atoms with Crippen LogP contribution in [0.25, 0.3) is 31.8 Å². The van der Waals surface area contributed by atoms with Crippen LogP contribution in [0.3, 0.4) is 0 Å². The molecule has 0 bridgehead atoms. The van der Waals surface area contributed by atoms with Crippen LogP contribution in [-0.2, 0) is 4.79 Å². The molecule has 0 saturated heterocycles. The number of anilines is 1. The van der Waals surface area contributed by atoms with Crippen LogP contribution >= 0.6 is 23.1 Å². The quantitative estimate of drug-likeness (QED) is 0.124. The fourth-order valence-corrected chi connectivity index (χ4v) is 6.54. The average Bonchev–Trinajstić information content (AvgIpc) is 3.37. The Hall–Kier alpha value is -4.00. The number of aromatic nitrogens is 1. The predicted octanol–water partition coefficient (Wildman–Crippen LogP) is 9.21. The normalized spacial score (nSPS) is 11.8. The number of thioether (sulfide) groups is 1. The summed E-state index contributed by atoms with van der Waals surface area (Å²) in [4.78, 5) is 22.1. The summed E-state index contributed by atoms with van der Waals surface area (Å²) < 4.78 is 1.93. The summed E-state index contributed by atoms with van der Waals surface area (Å²) in [5.74, 6) is 0.739. The molecule has 6 heteroatoms. The first-order chi connectivity index (χ1) is 19.0. The van der Waals surface area contributed by atoms with E-state index in [1.54, 1.807) is 11.3 Å². The molecule has 6 rings (SSSR count). The van der Waals surface area contributed by atoms with E-state index in [2.05, 4.69) is 92.0 Å². The molecule has 0 spiro atoms. The third-order valence-electron chi connectivity index (χ3n) is 6.70. The van der Waals surface area contributed by atoms with Gasteiger partial charge in [0.05, 0.1) is 21.7 Å². The van der Waals surface area contributed by atoms with E-state index in [-0.39, 0.29) is 5.91 Å². The molecule has 192 valence electrons. The standard InChI is InChI=1S/C33H27N3OS2/c1-21(2)22-11-13-25(14-12-22)35-32(37)20-38-33-36-30-16-15-26(18-31(30)39-33)34-19-29-27-9-5-3-7-23(27)17-24-8-4-6-10-28(24)29/h3-19,21H,20H2,1-2H3,(H,35,37). The number of hydrogen-bond acceptors (Lipinski definition) is 5. The molecule has 0 radical (unpaired) electrons. The van der Waals surface area contributed by atoms with Gasteiger partial charge in [-0.25, -0.2) is 4.98 Å². The van der Waals surface area contributed by atoms with Crippen LogP contribution in [0.4, 0.5) is 11.4 Å². The lowest BCUT2D eigenvalue weighted by atomic mass is 9.97. The minimum atomic E-state index is -0.0378. The van der Waals surface area contributed by atoms with Gasteiger partial charge in [0.25, 0.3) is 0 Å². The summed E-state index contributed by atoms with van der Waals surface area (Å²) in [5.41, 5.74) is 4.99. The Morgan fingerprint density at radius 3 is 2.31 bits per heavy atom. The van der Waals surface area contributed by atoms with Crippen molar-refractivity contribution in [3.8, 4) is 0 Å². The first kappa shape index (κ1) is 25.3. The second kappa shape index (κ2) is 11.0. The van der Waals surface area contributed by atoms with Crippen molar-refractivity contribution in [2.75, 3.05) is 11.1 Å². The van der Waals surface area contributed by atoms with Crippen molar-refractivity contribution in [1.82, 2.24) is 4.98 Å². The third kappa shape index (κ3) is 5.58. The molecule has 0 aliphatic rings. The number of thiazole rings is 1. The highest BCUT2D eigenvalue weighted by atomic mass is 32.2. The van der Waals surface area contributed by atoms with Gasteiger partial charge < -0.3 is 5.32 Å². The number of carbonyl (C=O) groups is 1. The van der Waals surface area contributed by atoms with Crippen LogP contribution in [0.15, 0.2) is 106 Å². The molecular formula is C33H27N3OS2. The summed E-state index contributed by atoms with van der Waals surface area (Å²) in [6, 6.07) is 33.2. The summed E-state index contributed by atoms with van der Waals surface area (Å²) in [7, 11) is 0. The lowest BCUT2D eigenvalue weighted by Crippen LogP contribution is -2.13. The number of hydrogen-bond donors (Lipinski definition) is 1. The van der Waals surface area contributed by atoms with Crippen LogP contribution < -0.4 is 5.32 Å². The fourth-order valence-electron chi connectivity index (χ4n) is 4.64. The lowest BCUT2D eigenvalue weighted by Gasteiger charge is -2.08. The molecule has 6 aromatic rings. The van der Waals surface area contributed by atoms with Crippen molar-refractivity contribution >= 4 is 78.4 Å². The van der Waals surface area contributed by atoms with Crippen LogP contribution in [0.1, 0.15) is 30.9 Å². The molecule has 1 heterocycles. The fraction of sp³-hybridized carbons (Fsp3) is 0.121. The van der Waals surface area contributed by atoms with E-state index in [4.69, 9.17) is 9.98 Å². The minimum absolute atomic E-state index is 0.0378. The number of nitrogens with one attached hydrogen (secondary N) is 1. The van der Waals surface area contributed by atoms with Crippen LogP contribution in [0, 0.1) is 0 Å². The molecule has 0 aliphatic carbocycles. The van der Waals surface area contributed by atoms with Crippen LogP contribution in [0.2, 0.25) is 0 Å². The van der Waals surface area contributed by atoms with Gasteiger partial charge in [-0.05, 0) is 69.4 Å². The van der Waals surface area contributed by atoms with Gasteiger partial charge in [-0.1, -0.05) is 86.3 Å². The van der Waals surface area contributed by atoms with E-state index in [1.807, 2.05) is 30.5 Å². The molecule has 0 fully saturated rings. The third-order valence-corrected chi connectivity index (χ3v) is 8.86. The van der Waals surface area contributed by atoms with Gasteiger partial charge in [0, 0.05) is 17.5 Å². The number of fused-ring (bicyclic) bond motifs is 3. The zero-order valence-electron chi connectivity index (χ0n) is 21.7. The molecule has 39 heavy (non-hydrogen) atoms. The van der Waals surface area contributed by atoms with Gasteiger partial charge in [0.1, 0.15) is 0 Å². The van der Waals surface area contributed by atoms with Crippen molar-refractivity contribution in [2.45, 2.75) is 24.1 Å². The Labute approximate surface area is 235 Å². The zero-order chi connectivity index (χ0) is 26.8. The Bertz CT molecular complexity index is 1780. The Morgan fingerprint density at radius 1 is 0.923 bits per heavy atom. The van der Waals surface area contributed by atoms with Crippen molar-refractivity contribution in [1.29, 1.82) is 0 Å². The predicted molar refractivity (Wildman–Crippen MR) is 168 cm³/mol. The zero-order valence-corrected chi connectivity index (χ0v) is 23.4. The van der Waals surface area contributed by atoms with Gasteiger partial charge >= 0.3 is 0 Å². The second-order valence-electron chi connectivity index (χ2n) is 9.74. The number of rotatable bonds is 7. The van der Waals surface area contributed by atoms with Gasteiger partial charge in [-0.2, -0.15) is 0 Å². The molecule has 0 aliphatic heterocycles. The van der Waals surface area contributed by atoms with E-state index >= 15 is 0 Å². The molecule has 0 saturated carbocycles. The topological polar surface area (TPSA) is 54.4 Å². The van der Waals surface area contributed by atoms with Gasteiger partial charge in [-0.15, -0.1) is 11.3 Å². The van der Waals surface area contributed by atoms with Gasteiger partial charge in [0.2, 0.25) is 5.91 Å². The average molecular weight is 546 g/mol. The van der Waals surface area contributed by atoms with Crippen LogP contribution in [0.5, 0.6) is 0 Å². The molecule has 1 amide bonds. The van der Waals surface area contributed by atoms with Crippen molar-refractivity contribution in [3.63, 3.8) is 0 Å². The maximum absolute atomic E-state index is 12.5. The largest absolute Gasteiger partial charge is 0.325 e. The van der Waals surface area contributed by atoms with Crippen molar-refractivity contribution < 1.29 is 4.79 Å². The molecule has 1 N–H and O–H groups in total. The highest BCUT2D eigenvalue weighted by Crippen LogP contribution is 2.33. The molecule has 1 aromatic heterocycles.